The predicted molar refractivity (Wildman–Crippen MR) is 105 cm³/mol. The quantitative estimate of drug-likeness (QED) is 0.551. The lowest BCUT2D eigenvalue weighted by atomic mass is 9.98. The van der Waals surface area contributed by atoms with Gasteiger partial charge in [0.1, 0.15) is 28.2 Å². The number of carboxylic acids is 1. The van der Waals surface area contributed by atoms with Crippen LogP contribution in [0.15, 0.2) is 39.5 Å². The normalized spacial score (nSPS) is 10.8. The molecule has 2 aromatic carbocycles. The van der Waals surface area contributed by atoms with Crippen LogP contribution in [0.4, 0.5) is 0 Å². The molecule has 8 heteroatoms. The lowest BCUT2D eigenvalue weighted by Crippen LogP contribution is -2.09. The number of hydrogen-bond acceptors (Lipinski definition) is 7. The van der Waals surface area contributed by atoms with Gasteiger partial charge in [0.25, 0.3) is 0 Å². The van der Waals surface area contributed by atoms with Gasteiger partial charge < -0.3 is 29.2 Å². The smallest absolute Gasteiger partial charge is 0.341 e. The average molecular weight is 400 g/mol. The zero-order valence-electron chi connectivity index (χ0n) is 15.9. The summed E-state index contributed by atoms with van der Waals surface area (Å²) in [5.74, 6) is -1.05. The lowest BCUT2D eigenvalue weighted by Gasteiger charge is -2.14. The van der Waals surface area contributed by atoms with E-state index in [4.69, 9.17) is 19.0 Å². The number of aliphatic carboxylic acids is 1. The monoisotopic (exact) mass is 400 g/mol. The fraction of sp³-hybridized carbons (Fsp3) is 0.238. The van der Waals surface area contributed by atoms with Gasteiger partial charge in [-0.15, -0.1) is 0 Å². The number of phenols is 2. The summed E-state index contributed by atoms with van der Waals surface area (Å²) >= 11 is 0. The number of rotatable bonds is 7. The average Bonchev–Trinajstić information content (AvgIpc) is 2.67. The Morgan fingerprint density at radius 2 is 1.93 bits per heavy atom. The van der Waals surface area contributed by atoms with E-state index >= 15 is 0 Å². The standard InChI is InChI=1S/C21H20O8/c1-3-4-13-12(5-6-16(27-2)21(13)26)17-9-15(23)20-14(22)7-11(8-18(20)29-17)28-10-19(24)25/h5-9,22,26H,3-4,10H2,1-2H3,(H,24,25). The van der Waals surface area contributed by atoms with Crippen molar-refractivity contribution in [1.29, 1.82) is 0 Å². The van der Waals surface area contributed by atoms with Crippen molar-refractivity contribution in [2.45, 2.75) is 19.8 Å². The van der Waals surface area contributed by atoms with Gasteiger partial charge in [0.15, 0.2) is 23.5 Å². The minimum absolute atomic E-state index is 0.0315. The number of methoxy groups -OCH3 is 1. The summed E-state index contributed by atoms with van der Waals surface area (Å²) in [4.78, 5) is 23.3. The fourth-order valence-corrected chi connectivity index (χ4v) is 3.12. The minimum atomic E-state index is -1.18. The van der Waals surface area contributed by atoms with Crippen molar-refractivity contribution in [1.82, 2.24) is 0 Å². The Hall–Kier alpha value is -3.68. The number of carboxylic acid groups (broad SMARTS) is 1. The van der Waals surface area contributed by atoms with E-state index in [1.54, 1.807) is 12.1 Å². The van der Waals surface area contributed by atoms with E-state index in [0.717, 1.165) is 12.5 Å². The van der Waals surface area contributed by atoms with Crippen molar-refractivity contribution in [2.75, 3.05) is 13.7 Å². The molecule has 0 saturated carbocycles. The van der Waals surface area contributed by atoms with Gasteiger partial charge in [0.05, 0.1) is 7.11 Å². The van der Waals surface area contributed by atoms with Gasteiger partial charge in [-0.25, -0.2) is 4.79 Å². The van der Waals surface area contributed by atoms with Crippen molar-refractivity contribution in [2.24, 2.45) is 0 Å². The van der Waals surface area contributed by atoms with Crippen LogP contribution in [0.2, 0.25) is 0 Å². The van der Waals surface area contributed by atoms with Crippen LogP contribution in [-0.4, -0.2) is 35.0 Å². The molecule has 0 aliphatic heterocycles. The molecule has 3 N–H and O–H groups in total. The van der Waals surface area contributed by atoms with E-state index in [-0.39, 0.29) is 34.0 Å². The largest absolute Gasteiger partial charge is 0.507 e. The van der Waals surface area contributed by atoms with Crippen LogP contribution in [0.1, 0.15) is 18.9 Å². The number of benzene rings is 2. The summed E-state index contributed by atoms with van der Waals surface area (Å²) in [6.45, 7) is 1.34. The molecule has 0 aliphatic carbocycles. The zero-order chi connectivity index (χ0) is 21.1. The van der Waals surface area contributed by atoms with Gasteiger partial charge in [0.2, 0.25) is 0 Å². The first-order chi connectivity index (χ1) is 13.8. The number of carbonyl (C=O) groups is 1. The third-order valence-corrected chi connectivity index (χ3v) is 4.38. The summed E-state index contributed by atoms with van der Waals surface area (Å²) in [6, 6.07) is 6.98. The molecule has 0 aliphatic rings. The first kappa shape index (κ1) is 20.1. The Morgan fingerprint density at radius 1 is 1.17 bits per heavy atom. The van der Waals surface area contributed by atoms with Gasteiger partial charge in [-0.3, -0.25) is 4.79 Å². The molecule has 0 atom stereocenters. The number of hydrogen-bond donors (Lipinski definition) is 3. The van der Waals surface area contributed by atoms with Crippen LogP contribution >= 0.6 is 0 Å². The molecule has 0 unspecified atom stereocenters. The second-order valence-corrected chi connectivity index (χ2v) is 6.37. The molecule has 3 rings (SSSR count). The zero-order valence-corrected chi connectivity index (χ0v) is 15.9. The number of fused-ring (bicyclic) bond motifs is 1. The Bertz CT molecular complexity index is 1130. The molecule has 29 heavy (non-hydrogen) atoms. The summed E-state index contributed by atoms with van der Waals surface area (Å²) in [5.41, 5.74) is 0.629. The molecular formula is C21H20O8. The second-order valence-electron chi connectivity index (χ2n) is 6.37. The van der Waals surface area contributed by atoms with E-state index in [2.05, 4.69) is 0 Å². The highest BCUT2D eigenvalue weighted by Crippen LogP contribution is 2.39. The van der Waals surface area contributed by atoms with Crippen molar-refractivity contribution in [3.8, 4) is 34.3 Å². The van der Waals surface area contributed by atoms with Crippen molar-refractivity contribution < 1.29 is 34.0 Å². The summed E-state index contributed by atoms with van der Waals surface area (Å²) < 4.78 is 16.1. The molecular weight excluding hydrogens is 380 g/mol. The van der Waals surface area contributed by atoms with E-state index in [9.17, 15) is 19.8 Å². The number of aromatic hydroxyl groups is 2. The predicted octanol–water partition coefficient (Wildman–Crippen LogP) is 3.30. The summed E-state index contributed by atoms with van der Waals surface area (Å²) in [7, 11) is 1.45. The Labute approximate surface area is 165 Å². The molecule has 0 saturated heterocycles. The molecule has 0 amide bonds. The van der Waals surface area contributed by atoms with Crippen LogP contribution in [-0.2, 0) is 11.2 Å². The molecule has 0 bridgehead atoms. The van der Waals surface area contributed by atoms with E-state index in [0.29, 0.717) is 23.3 Å². The molecule has 3 aromatic rings. The van der Waals surface area contributed by atoms with Gasteiger partial charge in [-0.05, 0) is 18.6 Å². The van der Waals surface area contributed by atoms with E-state index in [1.165, 1.54) is 19.2 Å². The van der Waals surface area contributed by atoms with Crippen molar-refractivity contribution in [3.63, 3.8) is 0 Å². The second kappa shape index (κ2) is 8.14. The maximum Gasteiger partial charge on any atom is 0.341 e. The summed E-state index contributed by atoms with van der Waals surface area (Å²) in [6.07, 6.45) is 1.26. The first-order valence-electron chi connectivity index (χ1n) is 8.90. The number of ether oxygens (including phenoxy) is 2. The van der Waals surface area contributed by atoms with Gasteiger partial charge >= 0.3 is 5.97 Å². The summed E-state index contributed by atoms with van der Waals surface area (Å²) in [5, 5.41) is 29.4. The first-order valence-corrected chi connectivity index (χ1v) is 8.90. The Kier molecular flexibility index (Phi) is 5.63. The van der Waals surface area contributed by atoms with E-state index in [1.807, 2.05) is 6.92 Å². The van der Waals surface area contributed by atoms with Crippen LogP contribution in [0.3, 0.4) is 0 Å². The van der Waals surface area contributed by atoms with Crippen LogP contribution in [0.5, 0.6) is 23.0 Å². The minimum Gasteiger partial charge on any atom is -0.507 e. The maximum atomic E-state index is 12.6. The molecule has 1 aromatic heterocycles. The van der Waals surface area contributed by atoms with Crippen molar-refractivity contribution >= 4 is 16.9 Å². The third-order valence-electron chi connectivity index (χ3n) is 4.38. The molecule has 0 spiro atoms. The SMILES string of the molecule is CCCc1c(-c2cc(=O)c3c(O)cc(OCC(=O)O)cc3o2)ccc(OC)c1O. The van der Waals surface area contributed by atoms with Gasteiger partial charge in [-0.2, -0.15) is 0 Å². The van der Waals surface area contributed by atoms with Crippen LogP contribution < -0.4 is 14.9 Å². The molecule has 0 radical (unpaired) electrons. The topological polar surface area (TPSA) is 126 Å². The molecule has 1 heterocycles. The van der Waals surface area contributed by atoms with Crippen LogP contribution in [0.25, 0.3) is 22.3 Å². The Balaban J connectivity index is 2.19. The van der Waals surface area contributed by atoms with Gasteiger partial charge in [0, 0.05) is 29.3 Å². The number of phenolic OH excluding ortho intramolecular Hbond substituents is 2. The van der Waals surface area contributed by atoms with Crippen molar-refractivity contribution in [3.05, 3.63) is 46.1 Å². The third kappa shape index (κ3) is 3.96. The fourth-order valence-electron chi connectivity index (χ4n) is 3.12. The molecule has 152 valence electrons. The van der Waals surface area contributed by atoms with Crippen LogP contribution in [0, 0.1) is 0 Å². The highest BCUT2D eigenvalue weighted by Gasteiger charge is 2.18. The maximum absolute atomic E-state index is 12.6. The Morgan fingerprint density at radius 3 is 2.59 bits per heavy atom. The molecule has 8 nitrogen and oxygen atoms in total. The van der Waals surface area contributed by atoms with E-state index < -0.39 is 18.0 Å². The highest BCUT2D eigenvalue weighted by molar-refractivity contribution is 5.86. The lowest BCUT2D eigenvalue weighted by molar-refractivity contribution is -0.139. The molecule has 0 fully saturated rings. The van der Waals surface area contributed by atoms with Gasteiger partial charge in [-0.1, -0.05) is 13.3 Å². The highest BCUT2D eigenvalue weighted by atomic mass is 16.5.